The quantitative estimate of drug-likeness (QED) is 0.505. The molecule has 6 rings (SSSR count). The van der Waals surface area contributed by atoms with E-state index in [2.05, 4.69) is 0 Å². The van der Waals surface area contributed by atoms with Gasteiger partial charge in [-0.1, -0.05) is 36.4 Å². The van der Waals surface area contributed by atoms with E-state index in [1.54, 1.807) is 76.5 Å². The van der Waals surface area contributed by atoms with Gasteiger partial charge < -0.3 is 30.7 Å². The average Bonchev–Trinajstić information content (AvgIpc) is 3.34. The number of benzene rings is 2. The van der Waals surface area contributed by atoms with Crippen LogP contribution in [-0.4, -0.2) is 37.5 Å². The van der Waals surface area contributed by atoms with Crippen LogP contribution in [0.4, 0.5) is 11.4 Å². The number of hydrogen-bond acceptors (Lipinski definition) is 10. The summed E-state index contributed by atoms with van der Waals surface area (Å²) in [4.78, 5) is 53.8. The number of nitriles is 2. The van der Waals surface area contributed by atoms with Crippen LogP contribution in [0.25, 0.3) is 0 Å². The first-order chi connectivity index (χ1) is 21.7. The normalized spacial score (nSPS) is 23.0. The predicted octanol–water partition coefficient (Wildman–Crippen LogP) is 2.98. The van der Waals surface area contributed by atoms with Crippen molar-refractivity contribution >= 4 is 34.8 Å². The van der Waals surface area contributed by atoms with E-state index in [9.17, 15) is 29.7 Å². The van der Waals surface area contributed by atoms with Crippen molar-refractivity contribution in [2.24, 2.45) is 11.5 Å². The van der Waals surface area contributed by atoms with Gasteiger partial charge in [-0.3, -0.25) is 19.2 Å². The molecule has 12 heteroatoms. The summed E-state index contributed by atoms with van der Waals surface area (Å²) in [7, 11) is 3.23. The van der Waals surface area contributed by atoms with Gasteiger partial charge >= 0.3 is 0 Å². The van der Waals surface area contributed by atoms with Gasteiger partial charge in [-0.25, -0.2) is 0 Å². The third-order valence-electron chi connectivity index (χ3n) is 8.74. The van der Waals surface area contributed by atoms with E-state index < -0.39 is 10.8 Å². The molecule has 2 aromatic carbocycles. The molecule has 4 N–H and O–H groups in total. The number of carbonyl (C=O) groups is 4. The maximum absolute atomic E-state index is 13.2. The van der Waals surface area contributed by atoms with Crippen molar-refractivity contribution in [3.8, 4) is 12.1 Å². The highest BCUT2D eigenvalue weighted by atomic mass is 16.5. The van der Waals surface area contributed by atoms with E-state index in [0.29, 0.717) is 22.5 Å². The second-order valence-electron chi connectivity index (χ2n) is 11.1. The number of ether oxygens (including phenoxy) is 2. The van der Waals surface area contributed by atoms with Crippen LogP contribution in [0.3, 0.4) is 0 Å². The Morgan fingerprint density at radius 3 is 1.33 bits per heavy atom. The third-order valence-corrected chi connectivity index (χ3v) is 8.74. The molecule has 2 aromatic rings. The minimum atomic E-state index is -1.53. The molecule has 232 valence electrons. The summed E-state index contributed by atoms with van der Waals surface area (Å²) >= 11 is 0. The molecule has 0 radical (unpaired) electrons. The van der Waals surface area contributed by atoms with Gasteiger partial charge in [0, 0.05) is 36.6 Å². The number of rotatable bonds is 2. The van der Waals surface area contributed by atoms with Gasteiger partial charge in [0.05, 0.1) is 11.1 Å². The predicted molar refractivity (Wildman–Crippen MR) is 166 cm³/mol. The van der Waals surface area contributed by atoms with Crippen LogP contribution >= 0.6 is 0 Å². The molecule has 0 aromatic heterocycles. The number of likely N-dealkylation sites (N-methyl/N-ethyl adjacent to an activating group) is 2. The van der Waals surface area contributed by atoms with Gasteiger partial charge in [-0.05, 0) is 39.8 Å². The molecule has 4 heterocycles. The molecule has 46 heavy (non-hydrogen) atoms. The van der Waals surface area contributed by atoms with E-state index in [1.807, 2.05) is 12.1 Å². The topological polar surface area (TPSA) is 193 Å². The van der Waals surface area contributed by atoms with Gasteiger partial charge in [0.1, 0.15) is 45.6 Å². The number of para-hydroxylation sites is 2. The third kappa shape index (κ3) is 3.83. The average molecular weight is 619 g/mol. The maximum atomic E-state index is 13.2. The second-order valence-corrected chi connectivity index (χ2v) is 11.1. The number of fused-ring (bicyclic) bond motifs is 4. The number of amides is 2. The molecule has 0 fully saturated rings. The number of Topliss-reactive ketones (excluding diaryl/α,β-unsaturated/α-hetero) is 2. The Kier molecular flexibility index (Phi) is 7.34. The number of hydrogen-bond donors (Lipinski definition) is 2. The highest BCUT2D eigenvalue weighted by molar-refractivity contribution is 6.20. The van der Waals surface area contributed by atoms with Crippen molar-refractivity contribution in [2.45, 2.75) is 38.5 Å². The summed E-state index contributed by atoms with van der Waals surface area (Å²) in [6, 6.07) is 18.1. The summed E-state index contributed by atoms with van der Waals surface area (Å²) in [6.45, 7) is 5.87. The van der Waals surface area contributed by atoms with Gasteiger partial charge in [0.2, 0.25) is 23.6 Å². The van der Waals surface area contributed by atoms with Crippen LogP contribution in [0.15, 0.2) is 94.1 Å². The SMILES string of the molecule is CC(=O)C1=C(C)OC(N)=C(C#N)[C@@]12C(=O)N(C)c1ccccc12.CC(=O)C1=C(C)OC(N)=C(C#N)[C@]12C(=O)N(C)c1ccccc12. The Hall–Kier alpha value is -6.14. The van der Waals surface area contributed by atoms with Crippen molar-refractivity contribution < 1.29 is 28.7 Å². The van der Waals surface area contributed by atoms with Crippen LogP contribution in [0.1, 0.15) is 38.8 Å². The summed E-state index contributed by atoms with van der Waals surface area (Å²) in [6.07, 6.45) is 0. The summed E-state index contributed by atoms with van der Waals surface area (Å²) in [5, 5.41) is 19.3. The largest absolute Gasteiger partial charge is 0.445 e. The van der Waals surface area contributed by atoms with Crippen molar-refractivity contribution in [3.63, 3.8) is 0 Å². The van der Waals surface area contributed by atoms with E-state index in [0.717, 1.165) is 0 Å². The summed E-state index contributed by atoms with van der Waals surface area (Å²) in [5.41, 5.74) is 11.4. The number of ketones is 2. The van der Waals surface area contributed by atoms with E-state index in [-0.39, 0.29) is 69.0 Å². The van der Waals surface area contributed by atoms with E-state index in [4.69, 9.17) is 20.9 Å². The molecule has 2 atom stereocenters. The van der Waals surface area contributed by atoms with Gasteiger partial charge in [-0.15, -0.1) is 0 Å². The Morgan fingerprint density at radius 2 is 1.02 bits per heavy atom. The Morgan fingerprint density at radius 1 is 0.696 bits per heavy atom. The van der Waals surface area contributed by atoms with Gasteiger partial charge in [0.15, 0.2) is 11.6 Å². The lowest BCUT2D eigenvalue weighted by Crippen LogP contribution is -2.47. The van der Waals surface area contributed by atoms with E-state index in [1.165, 1.54) is 23.6 Å². The lowest BCUT2D eigenvalue weighted by molar-refractivity contribution is -0.123. The highest BCUT2D eigenvalue weighted by Gasteiger charge is 2.61. The van der Waals surface area contributed by atoms with Gasteiger partial charge in [0.25, 0.3) is 0 Å². The van der Waals surface area contributed by atoms with E-state index >= 15 is 0 Å². The standard InChI is InChI=1S/2C17H15N3O3/c2*1-9(21)14-10(2)23-15(19)12(8-18)17(14)11-6-4-5-7-13(11)20(3)16(17)22/h2*4-7H,19H2,1-3H3/t2*17-/m10/s1. The first kappa shape index (κ1) is 31.3. The summed E-state index contributed by atoms with van der Waals surface area (Å²) in [5.74, 6) is -1.23. The fourth-order valence-electron chi connectivity index (χ4n) is 7.07. The molecule has 0 bridgehead atoms. The molecule has 2 amide bonds. The van der Waals surface area contributed by atoms with Crippen molar-refractivity contribution in [2.75, 3.05) is 23.9 Å². The zero-order chi connectivity index (χ0) is 33.9. The lowest BCUT2D eigenvalue weighted by atomic mass is 9.67. The van der Waals surface area contributed by atoms with Crippen molar-refractivity contribution in [1.29, 1.82) is 10.5 Å². The minimum Gasteiger partial charge on any atom is -0.445 e. The zero-order valence-corrected chi connectivity index (χ0v) is 26.0. The fourth-order valence-corrected chi connectivity index (χ4v) is 7.07. The fraction of sp³-hybridized carbons (Fsp3) is 0.235. The van der Waals surface area contributed by atoms with Crippen molar-refractivity contribution in [1.82, 2.24) is 0 Å². The number of allylic oxidation sites excluding steroid dienone is 2. The molecule has 4 aliphatic rings. The molecule has 2 spiro atoms. The number of nitrogens with two attached hydrogens (primary N) is 2. The first-order valence-corrected chi connectivity index (χ1v) is 14.1. The molecule has 0 aliphatic carbocycles. The Labute approximate surface area is 265 Å². The maximum Gasteiger partial charge on any atom is 0.247 e. The molecular weight excluding hydrogens is 588 g/mol. The van der Waals surface area contributed by atoms with Crippen LogP contribution in [-0.2, 0) is 39.5 Å². The molecular formula is C34H30N6O6. The number of nitrogens with zero attached hydrogens (tertiary/aromatic N) is 4. The smallest absolute Gasteiger partial charge is 0.247 e. The van der Waals surface area contributed by atoms with Crippen molar-refractivity contribution in [3.05, 3.63) is 105 Å². The monoisotopic (exact) mass is 618 g/mol. The van der Waals surface area contributed by atoms with Crippen LogP contribution in [0.2, 0.25) is 0 Å². The summed E-state index contributed by atoms with van der Waals surface area (Å²) < 4.78 is 10.7. The number of anilines is 2. The molecule has 0 saturated heterocycles. The molecule has 0 unspecified atom stereocenters. The highest BCUT2D eigenvalue weighted by Crippen LogP contribution is 2.54. The van der Waals surface area contributed by atoms with Crippen LogP contribution in [0.5, 0.6) is 0 Å². The molecule has 0 saturated carbocycles. The second kappa shape index (κ2) is 10.8. The Balaban J connectivity index is 0.000000181. The van der Waals surface area contributed by atoms with Crippen LogP contribution in [0, 0.1) is 22.7 Å². The first-order valence-electron chi connectivity index (χ1n) is 14.1. The number of carbonyl (C=O) groups excluding carboxylic acids is 4. The van der Waals surface area contributed by atoms with Crippen LogP contribution < -0.4 is 21.3 Å². The lowest BCUT2D eigenvalue weighted by Gasteiger charge is -2.34. The molecule has 12 nitrogen and oxygen atoms in total. The van der Waals surface area contributed by atoms with Gasteiger partial charge in [-0.2, -0.15) is 10.5 Å². The minimum absolute atomic E-state index is 0.0462. The zero-order valence-electron chi connectivity index (χ0n) is 26.0. The Bertz CT molecular complexity index is 1860. The molecule has 4 aliphatic heterocycles.